The molecule has 1 fully saturated rings. The molecular weight excluding hydrogens is 302 g/mol. The Hall–Kier alpha value is -2.82. The van der Waals surface area contributed by atoms with E-state index < -0.39 is 0 Å². The minimum absolute atomic E-state index is 0.0258. The molecule has 1 aliphatic rings. The van der Waals surface area contributed by atoms with E-state index in [2.05, 4.69) is 40.7 Å². The number of aromatic nitrogens is 2. The minimum atomic E-state index is 0.0258. The zero-order valence-corrected chi connectivity index (χ0v) is 13.6. The molecule has 0 radical (unpaired) electrons. The lowest BCUT2D eigenvalue weighted by molar-refractivity contribution is 0.0590. The molecule has 0 bridgehead atoms. The van der Waals surface area contributed by atoms with Crippen LogP contribution >= 0.6 is 0 Å². The van der Waals surface area contributed by atoms with Gasteiger partial charge in [-0.15, -0.1) is 0 Å². The van der Waals surface area contributed by atoms with Gasteiger partial charge in [0.05, 0.1) is 17.7 Å². The number of furan rings is 1. The molecule has 1 aromatic carbocycles. The van der Waals surface area contributed by atoms with E-state index in [-0.39, 0.29) is 5.91 Å². The van der Waals surface area contributed by atoms with Crippen LogP contribution in [-0.2, 0) is 6.54 Å². The largest absolute Gasteiger partial charge is 0.472 e. The number of rotatable bonds is 4. The fourth-order valence-corrected chi connectivity index (χ4v) is 3.15. The number of benzene rings is 1. The van der Waals surface area contributed by atoms with Gasteiger partial charge in [0.2, 0.25) is 0 Å². The van der Waals surface area contributed by atoms with Crippen molar-refractivity contribution in [1.29, 1.82) is 0 Å². The van der Waals surface area contributed by atoms with E-state index in [0.29, 0.717) is 24.6 Å². The molecule has 5 heteroatoms. The normalized spacial score (nSPS) is 14.6. The lowest BCUT2D eigenvalue weighted by atomic mass is 9.98. The molecule has 0 unspecified atom stereocenters. The Morgan fingerprint density at radius 3 is 2.75 bits per heavy atom. The van der Waals surface area contributed by atoms with Gasteiger partial charge in [-0.25, -0.2) is 4.98 Å². The third kappa shape index (κ3) is 2.62. The summed E-state index contributed by atoms with van der Waals surface area (Å²) in [6.07, 6.45) is 4.94. The number of carbonyl (C=O) groups is 1. The zero-order chi connectivity index (χ0) is 16.5. The number of aryl methyl sites for hydroxylation is 1. The summed E-state index contributed by atoms with van der Waals surface area (Å²) in [5.41, 5.74) is 3.01. The van der Waals surface area contributed by atoms with Crippen molar-refractivity contribution < 1.29 is 9.21 Å². The number of amides is 1. The highest BCUT2D eigenvalue weighted by atomic mass is 16.3. The van der Waals surface area contributed by atoms with E-state index in [1.165, 1.54) is 18.1 Å². The smallest absolute Gasteiger partial charge is 0.257 e. The molecule has 3 heterocycles. The first kappa shape index (κ1) is 14.8. The predicted octanol–water partition coefficient (Wildman–Crippen LogP) is 3.07. The van der Waals surface area contributed by atoms with Crippen molar-refractivity contribution in [3.05, 3.63) is 77.8 Å². The molecule has 4 rings (SSSR count). The van der Waals surface area contributed by atoms with Crippen molar-refractivity contribution in [3.8, 4) is 0 Å². The molecule has 0 spiro atoms. The van der Waals surface area contributed by atoms with E-state index >= 15 is 0 Å². The lowest BCUT2D eigenvalue weighted by Crippen LogP contribution is -2.49. The fourth-order valence-electron chi connectivity index (χ4n) is 3.15. The van der Waals surface area contributed by atoms with Crippen LogP contribution in [0, 0.1) is 6.92 Å². The van der Waals surface area contributed by atoms with Crippen molar-refractivity contribution >= 4 is 5.91 Å². The first-order valence-electron chi connectivity index (χ1n) is 8.10. The first-order chi connectivity index (χ1) is 11.7. The standard InChI is InChI=1S/C19H19N3O2/c1-14-9-20-18(22(14)10-15-5-3-2-4-6-15)17-11-21(12-17)19(23)16-7-8-24-13-16/h2-9,13,17H,10-12H2,1H3. The van der Waals surface area contributed by atoms with Crippen LogP contribution in [0.2, 0.25) is 0 Å². The first-order valence-corrected chi connectivity index (χ1v) is 8.10. The maximum Gasteiger partial charge on any atom is 0.257 e. The highest BCUT2D eigenvalue weighted by Crippen LogP contribution is 2.28. The quantitative estimate of drug-likeness (QED) is 0.742. The van der Waals surface area contributed by atoms with Crippen molar-refractivity contribution in [2.45, 2.75) is 19.4 Å². The van der Waals surface area contributed by atoms with Gasteiger partial charge in [-0.3, -0.25) is 4.79 Å². The van der Waals surface area contributed by atoms with Crippen LogP contribution in [0.1, 0.15) is 33.4 Å². The van der Waals surface area contributed by atoms with Crippen LogP contribution in [0.15, 0.2) is 59.5 Å². The van der Waals surface area contributed by atoms with Crippen LogP contribution in [0.25, 0.3) is 0 Å². The highest BCUT2D eigenvalue weighted by Gasteiger charge is 2.35. The summed E-state index contributed by atoms with van der Waals surface area (Å²) in [6, 6.07) is 12.1. The van der Waals surface area contributed by atoms with Crippen molar-refractivity contribution in [3.63, 3.8) is 0 Å². The summed E-state index contributed by atoms with van der Waals surface area (Å²) in [6.45, 7) is 4.30. The Morgan fingerprint density at radius 1 is 1.25 bits per heavy atom. The summed E-state index contributed by atoms with van der Waals surface area (Å²) in [5, 5.41) is 0. The molecule has 5 nitrogen and oxygen atoms in total. The maximum atomic E-state index is 12.3. The third-order valence-electron chi connectivity index (χ3n) is 4.57. The molecule has 3 aromatic rings. The van der Waals surface area contributed by atoms with Gasteiger partial charge in [0.1, 0.15) is 12.1 Å². The number of carbonyl (C=O) groups excluding carboxylic acids is 1. The number of likely N-dealkylation sites (tertiary alicyclic amines) is 1. The molecular formula is C19H19N3O2. The van der Waals surface area contributed by atoms with Crippen LogP contribution in [-0.4, -0.2) is 33.4 Å². The van der Waals surface area contributed by atoms with Gasteiger partial charge < -0.3 is 13.9 Å². The SMILES string of the molecule is Cc1cnc(C2CN(C(=O)c3ccoc3)C2)n1Cc1ccccc1. The molecule has 0 atom stereocenters. The average molecular weight is 321 g/mol. The van der Waals surface area contributed by atoms with Crippen molar-refractivity contribution in [2.75, 3.05) is 13.1 Å². The summed E-state index contributed by atoms with van der Waals surface area (Å²) >= 11 is 0. The Morgan fingerprint density at radius 2 is 2.04 bits per heavy atom. The van der Waals surface area contributed by atoms with E-state index in [1.54, 1.807) is 6.07 Å². The average Bonchev–Trinajstić information content (AvgIpc) is 3.20. The molecule has 122 valence electrons. The Kier molecular flexibility index (Phi) is 3.69. The van der Waals surface area contributed by atoms with Gasteiger partial charge in [0.25, 0.3) is 5.91 Å². The van der Waals surface area contributed by atoms with Gasteiger partial charge in [-0.1, -0.05) is 30.3 Å². The monoisotopic (exact) mass is 321 g/mol. The summed E-state index contributed by atoms with van der Waals surface area (Å²) in [5.74, 6) is 1.38. The Labute approximate surface area is 140 Å². The van der Waals surface area contributed by atoms with Crippen molar-refractivity contribution in [1.82, 2.24) is 14.5 Å². The zero-order valence-electron chi connectivity index (χ0n) is 13.6. The van der Waals surface area contributed by atoms with Gasteiger partial charge in [-0.2, -0.15) is 0 Å². The number of nitrogens with zero attached hydrogens (tertiary/aromatic N) is 3. The predicted molar refractivity (Wildman–Crippen MR) is 89.9 cm³/mol. The fraction of sp³-hybridized carbons (Fsp3) is 0.263. The second-order valence-electron chi connectivity index (χ2n) is 6.25. The van der Waals surface area contributed by atoms with Crippen LogP contribution in [0.4, 0.5) is 0 Å². The second-order valence-corrected chi connectivity index (χ2v) is 6.25. The van der Waals surface area contributed by atoms with Gasteiger partial charge in [0.15, 0.2) is 0 Å². The summed E-state index contributed by atoms with van der Waals surface area (Å²) < 4.78 is 7.24. The molecule has 2 aromatic heterocycles. The summed E-state index contributed by atoms with van der Waals surface area (Å²) in [7, 11) is 0. The Balaban J connectivity index is 1.48. The van der Waals surface area contributed by atoms with E-state index in [4.69, 9.17) is 4.42 Å². The number of hydrogen-bond acceptors (Lipinski definition) is 3. The van der Waals surface area contributed by atoms with Crippen LogP contribution in [0.5, 0.6) is 0 Å². The molecule has 24 heavy (non-hydrogen) atoms. The topological polar surface area (TPSA) is 51.3 Å². The van der Waals surface area contributed by atoms with E-state index in [1.807, 2.05) is 17.2 Å². The van der Waals surface area contributed by atoms with Gasteiger partial charge >= 0.3 is 0 Å². The van der Waals surface area contributed by atoms with Crippen LogP contribution in [0.3, 0.4) is 0 Å². The lowest BCUT2D eigenvalue weighted by Gasteiger charge is -2.38. The maximum absolute atomic E-state index is 12.3. The van der Waals surface area contributed by atoms with E-state index in [9.17, 15) is 4.79 Å². The molecule has 1 amide bonds. The third-order valence-corrected chi connectivity index (χ3v) is 4.57. The number of imidazole rings is 1. The number of hydrogen-bond donors (Lipinski definition) is 0. The van der Waals surface area contributed by atoms with Crippen molar-refractivity contribution in [2.24, 2.45) is 0 Å². The van der Waals surface area contributed by atoms with Gasteiger partial charge in [0, 0.05) is 31.5 Å². The molecule has 0 N–H and O–H groups in total. The van der Waals surface area contributed by atoms with E-state index in [0.717, 1.165) is 18.1 Å². The molecule has 0 aliphatic carbocycles. The molecule has 0 saturated carbocycles. The highest BCUT2D eigenvalue weighted by molar-refractivity contribution is 5.94. The minimum Gasteiger partial charge on any atom is -0.472 e. The molecule has 1 aliphatic heterocycles. The van der Waals surface area contributed by atoms with Gasteiger partial charge in [-0.05, 0) is 18.6 Å². The van der Waals surface area contributed by atoms with Crippen LogP contribution < -0.4 is 0 Å². The Bertz CT molecular complexity index is 831. The second kappa shape index (κ2) is 6.00. The molecule has 1 saturated heterocycles. The summed E-state index contributed by atoms with van der Waals surface area (Å²) in [4.78, 5) is 18.7.